The second-order valence-corrected chi connectivity index (χ2v) is 4.65. The number of hydrogen-bond acceptors (Lipinski definition) is 3. The number of nitrogens with zero attached hydrogens (tertiary/aromatic N) is 1. The molecule has 0 spiro atoms. The standard InChI is InChI=1S/C9H17NO2/c1-9(2)6-10(4-8(9)11)3-7-5-12-7/h7-8,11H,3-6H2,1-2H3/t7-,8?/m0/s1. The Hall–Kier alpha value is -0.120. The van der Waals surface area contributed by atoms with Crippen molar-refractivity contribution in [2.45, 2.75) is 26.1 Å². The maximum atomic E-state index is 9.68. The molecule has 1 N–H and O–H groups in total. The van der Waals surface area contributed by atoms with E-state index in [4.69, 9.17) is 4.74 Å². The summed E-state index contributed by atoms with van der Waals surface area (Å²) in [7, 11) is 0. The first kappa shape index (κ1) is 8.48. The third-order valence-electron chi connectivity index (χ3n) is 2.83. The molecule has 1 unspecified atom stereocenters. The summed E-state index contributed by atoms with van der Waals surface area (Å²) >= 11 is 0. The fourth-order valence-corrected chi connectivity index (χ4v) is 1.84. The number of β-amino-alcohol motifs (C(OH)–C–C–N with tert-alkyl or cyclic N) is 1. The Bertz CT molecular complexity index is 177. The maximum absolute atomic E-state index is 9.68. The molecule has 2 atom stereocenters. The molecule has 2 fully saturated rings. The van der Waals surface area contributed by atoms with Crippen LogP contribution in [-0.4, -0.2) is 48.5 Å². The lowest BCUT2D eigenvalue weighted by atomic mass is 9.90. The van der Waals surface area contributed by atoms with Gasteiger partial charge < -0.3 is 9.84 Å². The topological polar surface area (TPSA) is 36.0 Å². The van der Waals surface area contributed by atoms with E-state index in [-0.39, 0.29) is 11.5 Å². The fraction of sp³-hybridized carbons (Fsp3) is 1.00. The molecule has 0 aromatic heterocycles. The summed E-state index contributed by atoms with van der Waals surface area (Å²) in [6.07, 6.45) is 0.280. The van der Waals surface area contributed by atoms with E-state index in [1.165, 1.54) is 0 Å². The SMILES string of the molecule is CC1(C)CN(C[C@H]2CO2)CC1O. The highest BCUT2D eigenvalue weighted by molar-refractivity contribution is 4.92. The van der Waals surface area contributed by atoms with Crippen molar-refractivity contribution in [3.8, 4) is 0 Å². The molecule has 2 heterocycles. The Morgan fingerprint density at radius 3 is 2.67 bits per heavy atom. The molecule has 0 radical (unpaired) electrons. The first-order valence-corrected chi connectivity index (χ1v) is 4.60. The van der Waals surface area contributed by atoms with Crippen molar-refractivity contribution in [2.24, 2.45) is 5.41 Å². The van der Waals surface area contributed by atoms with Crippen LogP contribution < -0.4 is 0 Å². The average molecular weight is 171 g/mol. The van der Waals surface area contributed by atoms with E-state index in [9.17, 15) is 5.11 Å². The summed E-state index contributed by atoms with van der Waals surface area (Å²) in [6.45, 7) is 7.95. The number of epoxide rings is 1. The Morgan fingerprint density at radius 2 is 2.25 bits per heavy atom. The van der Waals surface area contributed by atoms with Crippen molar-refractivity contribution in [1.29, 1.82) is 0 Å². The number of aliphatic hydroxyl groups is 1. The summed E-state index contributed by atoms with van der Waals surface area (Å²) in [4.78, 5) is 2.29. The van der Waals surface area contributed by atoms with Gasteiger partial charge in [-0.2, -0.15) is 0 Å². The van der Waals surface area contributed by atoms with E-state index in [0.717, 1.165) is 26.2 Å². The van der Waals surface area contributed by atoms with E-state index in [0.29, 0.717) is 6.10 Å². The third-order valence-corrected chi connectivity index (χ3v) is 2.83. The Morgan fingerprint density at radius 1 is 1.58 bits per heavy atom. The van der Waals surface area contributed by atoms with E-state index < -0.39 is 0 Å². The lowest BCUT2D eigenvalue weighted by Gasteiger charge is -2.20. The Labute approximate surface area is 73.3 Å². The molecule has 3 heteroatoms. The van der Waals surface area contributed by atoms with E-state index in [1.54, 1.807) is 0 Å². The minimum Gasteiger partial charge on any atom is -0.391 e. The summed E-state index contributed by atoms with van der Waals surface area (Å²) in [5, 5.41) is 9.68. The molecule has 2 rings (SSSR count). The van der Waals surface area contributed by atoms with Gasteiger partial charge in [0.2, 0.25) is 0 Å². The average Bonchev–Trinajstić information content (AvgIpc) is 2.65. The lowest BCUT2D eigenvalue weighted by Crippen LogP contribution is -2.27. The molecule has 0 aliphatic carbocycles. The van der Waals surface area contributed by atoms with Crippen LogP contribution in [0.2, 0.25) is 0 Å². The summed E-state index contributed by atoms with van der Waals surface area (Å²) in [6, 6.07) is 0. The summed E-state index contributed by atoms with van der Waals surface area (Å²) < 4.78 is 5.15. The first-order chi connectivity index (χ1) is 5.58. The maximum Gasteiger partial charge on any atom is 0.0936 e. The molecular weight excluding hydrogens is 154 g/mol. The number of ether oxygens (including phenoxy) is 1. The zero-order valence-electron chi connectivity index (χ0n) is 7.79. The van der Waals surface area contributed by atoms with Crippen molar-refractivity contribution in [1.82, 2.24) is 4.90 Å². The van der Waals surface area contributed by atoms with Crippen LogP contribution in [0.5, 0.6) is 0 Å². The zero-order valence-corrected chi connectivity index (χ0v) is 7.79. The van der Waals surface area contributed by atoms with Crippen LogP contribution in [0, 0.1) is 5.41 Å². The predicted molar refractivity (Wildman–Crippen MR) is 46.0 cm³/mol. The second kappa shape index (κ2) is 2.69. The van der Waals surface area contributed by atoms with Crippen LogP contribution in [0.1, 0.15) is 13.8 Å². The molecule has 2 saturated heterocycles. The van der Waals surface area contributed by atoms with Crippen LogP contribution in [-0.2, 0) is 4.74 Å². The highest BCUT2D eigenvalue weighted by atomic mass is 16.6. The monoisotopic (exact) mass is 171 g/mol. The lowest BCUT2D eigenvalue weighted by molar-refractivity contribution is 0.0954. The second-order valence-electron chi connectivity index (χ2n) is 4.65. The van der Waals surface area contributed by atoms with Gasteiger partial charge in [0.1, 0.15) is 0 Å². The van der Waals surface area contributed by atoms with E-state index in [1.807, 2.05) is 0 Å². The van der Waals surface area contributed by atoms with Gasteiger partial charge in [-0.15, -0.1) is 0 Å². The van der Waals surface area contributed by atoms with Crippen LogP contribution in [0.15, 0.2) is 0 Å². The number of aliphatic hydroxyl groups excluding tert-OH is 1. The van der Waals surface area contributed by atoms with Gasteiger partial charge in [0, 0.05) is 25.0 Å². The van der Waals surface area contributed by atoms with E-state index in [2.05, 4.69) is 18.7 Å². The number of rotatable bonds is 2. The van der Waals surface area contributed by atoms with Gasteiger partial charge in [0.05, 0.1) is 18.8 Å². The minimum atomic E-state index is -0.170. The molecule has 2 aliphatic heterocycles. The van der Waals surface area contributed by atoms with Gasteiger partial charge in [0.25, 0.3) is 0 Å². The largest absolute Gasteiger partial charge is 0.391 e. The predicted octanol–water partition coefficient (Wildman–Crippen LogP) is 0.0879. The molecule has 0 bridgehead atoms. The molecule has 70 valence electrons. The smallest absolute Gasteiger partial charge is 0.0936 e. The highest BCUT2D eigenvalue weighted by Gasteiger charge is 2.40. The van der Waals surface area contributed by atoms with Crippen molar-refractivity contribution in [2.75, 3.05) is 26.2 Å². The first-order valence-electron chi connectivity index (χ1n) is 4.60. The van der Waals surface area contributed by atoms with Crippen molar-refractivity contribution < 1.29 is 9.84 Å². The van der Waals surface area contributed by atoms with Crippen molar-refractivity contribution >= 4 is 0 Å². The summed E-state index contributed by atoms with van der Waals surface area (Å²) in [5.74, 6) is 0. The van der Waals surface area contributed by atoms with Gasteiger partial charge in [-0.25, -0.2) is 0 Å². The molecule has 0 aromatic carbocycles. The quantitative estimate of drug-likeness (QED) is 0.598. The molecule has 12 heavy (non-hydrogen) atoms. The number of likely N-dealkylation sites (tertiary alicyclic amines) is 1. The third kappa shape index (κ3) is 1.63. The van der Waals surface area contributed by atoms with Crippen molar-refractivity contribution in [3.63, 3.8) is 0 Å². The Balaban J connectivity index is 1.86. The number of hydrogen-bond donors (Lipinski definition) is 1. The normalized spacial score (nSPS) is 40.2. The van der Waals surface area contributed by atoms with Gasteiger partial charge in [-0.3, -0.25) is 4.90 Å². The van der Waals surface area contributed by atoms with Gasteiger partial charge >= 0.3 is 0 Å². The van der Waals surface area contributed by atoms with Crippen LogP contribution in [0.25, 0.3) is 0 Å². The van der Waals surface area contributed by atoms with Crippen molar-refractivity contribution in [3.05, 3.63) is 0 Å². The van der Waals surface area contributed by atoms with Gasteiger partial charge in [-0.1, -0.05) is 13.8 Å². The molecule has 0 saturated carbocycles. The molecule has 2 aliphatic rings. The molecule has 3 nitrogen and oxygen atoms in total. The fourth-order valence-electron chi connectivity index (χ4n) is 1.84. The van der Waals surface area contributed by atoms with Gasteiger partial charge in [-0.05, 0) is 0 Å². The Kier molecular flexibility index (Phi) is 1.90. The van der Waals surface area contributed by atoms with Gasteiger partial charge in [0.15, 0.2) is 0 Å². The molecule has 0 amide bonds. The van der Waals surface area contributed by atoms with Crippen LogP contribution in [0.4, 0.5) is 0 Å². The van der Waals surface area contributed by atoms with E-state index >= 15 is 0 Å². The zero-order chi connectivity index (χ0) is 8.77. The van der Waals surface area contributed by atoms with Crippen LogP contribution >= 0.6 is 0 Å². The highest BCUT2D eigenvalue weighted by Crippen LogP contribution is 2.30. The summed E-state index contributed by atoms with van der Waals surface area (Å²) in [5.41, 5.74) is 0.0644. The molecule has 0 aromatic rings. The molecular formula is C9H17NO2. The minimum absolute atomic E-state index is 0.0644. The van der Waals surface area contributed by atoms with Crippen LogP contribution in [0.3, 0.4) is 0 Å².